The highest BCUT2D eigenvalue weighted by Gasteiger charge is 2.39. The van der Waals surface area contributed by atoms with Crippen molar-refractivity contribution in [1.29, 1.82) is 0 Å². The third kappa shape index (κ3) is 2.43. The predicted molar refractivity (Wildman–Crippen MR) is 88.5 cm³/mol. The molecule has 1 spiro atoms. The fourth-order valence-corrected chi connectivity index (χ4v) is 3.95. The summed E-state index contributed by atoms with van der Waals surface area (Å²) >= 11 is 0. The van der Waals surface area contributed by atoms with Crippen LogP contribution in [-0.2, 0) is 11.8 Å². The molecular formula is C18H23N3O2. The largest absolute Gasteiger partial charge is 0.375 e. The number of benzene rings is 1. The standard InChI is InChI=1S/C18H23N3O2/c1-13-4-5-15-14(12-13)16(19-20(15)2)17(22)21-9-7-18(8-10-21)6-3-11-23-18/h4-5,12H,3,6-11H2,1-2H3. The Labute approximate surface area is 136 Å². The number of hydrogen-bond donors (Lipinski definition) is 0. The van der Waals surface area contributed by atoms with E-state index in [9.17, 15) is 4.79 Å². The summed E-state index contributed by atoms with van der Waals surface area (Å²) < 4.78 is 7.75. The number of fused-ring (bicyclic) bond motifs is 1. The van der Waals surface area contributed by atoms with Crippen LogP contribution in [0.4, 0.5) is 0 Å². The molecule has 2 aliphatic rings. The molecular weight excluding hydrogens is 290 g/mol. The van der Waals surface area contributed by atoms with Crippen molar-refractivity contribution in [2.45, 2.75) is 38.2 Å². The smallest absolute Gasteiger partial charge is 0.275 e. The van der Waals surface area contributed by atoms with Crippen molar-refractivity contribution < 1.29 is 9.53 Å². The summed E-state index contributed by atoms with van der Waals surface area (Å²) in [7, 11) is 1.89. The van der Waals surface area contributed by atoms with Gasteiger partial charge in [0, 0.05) is 32.1 Å². The summed E-state index contributed by atoms with van der Waals surface area (Å²) in [6.07, 6.45) is 4.18. The highest BCUT2D eigenvalue weighted by atomic mass is 16.5. The second-order valence-corrected chi connectivity index (χ2v) is 6.92. The molecule has 2 aromatic rings. The fraction of sp³-hybridized carbons (Fsp3) is 0.556. The van der Waals surface area contributed by atoms with Crippen molar-refractivity contribution in [2.75, 3.05) is 19.7 Å². The number of carbonyl (C=O) groups is 1. The zero-order valence-electron chi connectivity index (χ0n) is 13.8. The van der Waals surface area contributed by atoms with Gasteiger partial charge in [0.1, 0.15) is 0 Å². The molecule has 5 nitrogen and oxygen atoms in total. The number of aromatic nitrogens is 2. The highest BCUT2D eigenvalue weighted by molar-refractivity contribution is 6.05. The van der Waals surface area contributed by atoms with E-state index in [4.69, 9.17) is 4.74 Å². The number of aryl methyl sites for hydroxylation is 2. The Morgan fingerprint density at radius 1 is 1.26 bits per heavy atom. The molecule has 0 aliphatic carbocycles. The number of carbonyl (C=O) groups excluding carboxylic acids is 1. The van der Waals surface area contributed by atoms with E-state index in [1.165, 1.54) is 0 Å². The molecule has 2 aliphatic heterocycles. The van der Waals surface area contributed by atoms with Crippen molar-refractivity contribution >= 4 is 16.8 Å². The van der Waals surface area contributed by atoms with Crippen LogP contribution in [0.2, 0.25) is 0 Å². The lowest BCUT2D eigenvalue weighted by molar-refractivity contribution is -0.0388. The molecule has 0 bridgehead atoms. The molecule has 0 radical (unpaired) electrons. The number of nitrogens with zero attached hydrogens (tertiary/aromatic N) is 3. The molecule has 1 amide bonds. The minimum absolute atomic E-state index is 0.0412. The first kappa shape index (κ1) is 14.7. The van der Waals surface area contributed by atoms with Crippen LogP contribution in [0.1, 0.15) is 41.7 Å². The summed E-state index contributed by atoms with van der Waals surface area (Å²) in [6, 6.07) is 6.15. The summed E-state index contributed by atoms with van der Waals surface area (Å²) in [5.74, 6) is 0.0500. The zero-order valence-corrected chi connectivity index (χ0v) is 13.8. The van der Waals surface area contributed by atoms with Crippen LogP contribution < -0.4 is 0 Å². The van der Waals surface area contributed by atoms with E-state index < -0.39 is 0 Å². The van der Waals surface area contributed by atoms with E-state index in [0.717, 1.165) is 61.8 Å². The van der Waals surface area contributed by atoms with Gasteiger partial charge >= 0.3 is 0 Å². The van der Waals surface area contributed by atoms with Gasteiger partial charge in [0.2, 0.25) is 0 Å². The van der Waals surface area contributed by atoms with E-state index >= 15 is 0 Å². The molecule has 1 aromatic carbocycles. The Morgan fingerprint density at radius 3 is 2.74 bits per heavy atom. The average Bonchev–Trinajstić information content (AvgIpc) is 3.13. The van der Waals surface area contributed by atoms with Gasteiger partial charge in [-0.15, -0.1) is 0 Å². The molecule has 1 aromatic heterocycles. The lowest BCUT2D eigenvalue weighted by Crippen LogP contribution is -2.46. The van der Waals surface area contributed by atoms with Crippen LogP contribution in [0.3, 0.4) is 0 Å². The van der Waals surface area contributed by atoms with E-state index in [-0.39, 0.29) is 11.5 Å². The van der Waals surface area contributed by atoms with E-state index in [0.29, 0.717) is 5.69 Å². The van der Waals surface area contributed by atoms with Crippen molar-refractivity contribution in [1.82, 2.24) is 14.7 Å². The first-order valence-corrected chi connectivity index (χ1v) is 8.45. The summed E-state index contributed by atoms with van der Waals surface area (Å²) in [5.41, 5.74) is 2.78. The van der Waals surface area contributed by atoms with Crippen molar-refractivity contribution in [3.05, 3.63) is 29.5 Å². The fourth-order valence-electron chi connectivity index (χ4n) is 3.95. The number of ether oxygens (including phenoxy) is 1. The normalized spacial score (nSPS) is 20.5. The first-order chi connectivity index (χ1) is 11.1. The van der Waals surface area contributed by atoms with Gasteiger partial charge in [0.05, 0.1) is 11.1 Å². The van der Waals surface area contributed by atoms with Gasteiger partial charge in [0.15, 0.2) is 5.69 Å². The third-order valence-electron chi connectivity index (χ3n) is 5.36. The summed E-state index contributed by atoms with van der Waals surface area (Å²) in [4.78, 5) is 14.9. The minimum Gasteiger partial charge on any atom is -0.375 e. The predicted octanol–water partition coefficient (Wildman–Crippen LogP) is 2.67. The van der Waals surface area contributed by atoms with Crippen LogP contribution in [0.25, 0.3) is 10.9 Å². The highest BCUT2D eigenvalue weighted by Crippen LogP contribution is 2.36. The Bertz CT molecular complexity index is 749. The lowest BCUT2D eigenvalue weighted by atomic mass is 9.88. The SMILES string of the molecule is Cc1ccc2c(c1)c(C(=O)N1CCC3(CCCO3)CC1)nn2C. The molecule has 0 atom stereocenters. The number of piperidine rings is 1. The number of hydrogen-bond acceptors (Lipinski definition) is 3. The molecule has 122 valence electrons. The van der Waals surface area contributed by atoms with E-state index in [1.807, 2.05) is 24.9 Å². The van der Waals surface area contributed by atoms with Gasteiger partial charge in [-0.2, -0.15) is 5.10 Å². The summed E-state index contributed by atoms with van der Waals surface area (Å²) in [6.45, 7) is 4.45. The second kappa shape index (κ2) is 5.34. The van der Waals surface area contributed by atoms with Crippen LogP contribution in [0.5, 0.6) is 0 Å². The van der Waals surface area contributed by atoms with Crippen LogP contribution in [0, 0.1) is 6.92 Å². The van der Waals surface area contributed by atoms with Crippen LogP contribution in [-0.4, -0.2) is 45.9 Å². The van der Waals surface area contributed by atoms with Crippen molar-refractivity contribution in [3.63, 3.8) is 0 Å². The average molecular weight is 313 g/mol. The Kier molecular flexibility index (Phi) is 3.41. The molecule has 5 heteroatoms. The molecule has 3 heterocycles. The van der Waals surface area contributed by atoms with Gasteiger partial charge in [-0.3, -0.25) is 9.48 Å². The molecule has 0 N–H and O–H groups in total. The van der Waals surface area contributed by atoms with E-state index in [1.54, 1.807) is 4.68 Å². The van der Waals surface area contributed by atoms with Crippen LogP contribution in [0.15, 0.2) is 18.2 Å². The molecule has 23 heavy (non-hydrogen) atoms. The molecule has 4 rings (SSSR count). The van der Waals surface area contributed by atoms with Crippen LogP contribution >= 0.6 is 0 Å². The molecule has 2 saturated heterocycles. The number of rotatable bonds is 1. The maximum absolute atomic E-state index is 13.0. The van der Waals surface area contributed by atoms with Crippen molar-refractivity contribution in [2.24, 2.45) is 7.05 Å². The Balaban J connectivity index is 1.59. The van der Waals surface area contributed by atoms with Gasteiger partial charge in [-0.1, -0.05) is 11.6 Å². The maximum atomic E-state index is 13.0. The molecule has 2 fully saturated rings. The Hall–Kier alpha value is -1.88. The van der Waals surface area contributed by atoms with Crippen molar-refractivity contribution in [3.8, 4) is 0 Å². The van der Waals surface area contributed by atoms with Gasteiger partial charge in [-0.05, 0) is 44.7 Å². The molecule has 0 saturated carbocycles. The maximum Gasteiger partial charge on any atom is 0.275 e. The quantitative estimate of drug-likeness (QED) is 0.813. The van der Waals surface area contributed by atoms with Gasteiger partial charge in [-0.25, -0.2) is 0 Å². The minimum atomic E-state index is 0.0412. The Morgan fingerprint density at radius 2 is 2.04 bits per heavy atom. The number of likely N-dealkylation sites (tertiary alicyclic amines) is 1. The lowest BCUT2D eigenvalue weighted by Gasteiger charge is -2.38. The topological polar surface area (TPSA) is 47.4 Å². The molecule has 0 unspecified atom stereocenters. The zero-order chi connectivity index (χ0) is 16.0. The third-order valence-corrected chi connectivity index (χ3v) is 5.36. The number of amides is 1. The van der Waals surface area contributed by atoms with Gasteiger partial charge < -0.3 is 9.64 Å². The monoisotopic (exact) mass is 313 g/mol. The summed E-state index contributed by atoms with van der Waals surface area (Å²) in [5, 5.41) is 5.44. The van der Waals surface area contributed by atoms with E-state index in [2.05, 4.69) is 17.2 Å². The first-order valence-electron chi connectivity index (χ1n) is 8.45. The second-order valence-electron chi connectivity index (χ2n) is 6.92. The van der Waals surface area contributed by atoms with Gasteiger partial charge in [0.25, 0.3) is 5.91 Å².